The van der Waals surface area contributed by atoms with E-state index < -0.39 is 0 Å². The molecule has 0 bridgehead atoms. The van der Waals surface area contributed by atoms with Crippen LogP contribution in [0.3, 0.4) is 0 Å². The number of rotatable bonds is 4. The summed E-state index contributed by atoms with van der Waals surface area (Å²) in [6.07, 6.45) is 2.53. The maximum Gasteiger partial charge on any atom is 0.120 e. The highest BCUT2D eigenvalue weighted by Crippen LogP contribution is 2.05. The fourth-order valence-electron chi connectivity index (χ4n) is 0.468. The summed E-state index contributed by atoms with van der Waals surface area (Å²) in [5.41, 5.74) is 0. The molecule has 0 aromatic heterocycles. The van der Waals surface area contributed by atoms with Crippen molar-refractivity contribution in [1.29, 1.82) is 0 Å². The summed E-state index contributed by atoms with van der Waals surface area (Å²) in [5, 5.41) is 0. The van der Waals surface area contributed by atoms with Gasteiger partial charge >= 0.3 is 0 Å². The molecule has 0 aliphatic carbocycles. The van der Waals surface area contributed by atoms with Gasteiger partial charge in [0.1, 0.15) is 6.29 Å². The summed E-state index contributed by atoms with van der Waals surface area (Å²) < 4.78 is 0. The number of carbonyl (C=O) groups excluding carboxylic acids is 1. The fourth-order valence-corrected chi connectivity index (χ4v) is 0.841. The van der Waals surface area contributed by atoms with Crippen molar-refractivity contribution >= 4 is 17.9 Å². The summed E-state index contributed by atoms with van der Waals surface area (Å²) in [7, 11) is 0. The van der Waals surface area contributed by atoms with Crippen LogP contribution in [-0.2, 0) is 4.79 Å². The zero-order valence-electron chi connectivity index (χ0n) is 5.06. The Kier molecular flexibility index (Phi) is 5.08. The summed E-state index contributed by atoms with van der Waals surface area (Å²) >= 11 is 5.42. The number of halogens is 1. The molecular weight excluding hydrogens is 124 g/mol. The topological polar surface area (TPSA) is 17.1 Å². The van der Waals surface area contributed by atoms with Crippen molar-refractivity contribution in [1.82, 2.24) is 0 Å². The second kappa shape index (κ2) is 5.10. The fraction of sp³-hybridized carbons (Fsp3) is 0.833. The van der Waals surface area contributed by atoms with E-state index in [1.807, 2.05) is 6.92 Å². The largest absolute Gasteiger partial charge is 0.303 e. The molecule has 8 heavy (non-hydrogen) atoms. The number of hydrogen-bond donors (Lipinski definition) is 0. The number of carbonyl (C=O) groups is 1. The number of hydrogen-bond acceptors (Lipinski definition) is 1. The van der Waals surface area contributed by atoms with Gasteiger partial charge in [0, 0.05) is 12.3 Å². The van der Waals surface area contributed by atoms with Crippen LogP contribution < -0.4 is 0 Å². The molecule has 0 aliphatic rings. The van der Waals surface area contributed by atoms with E-state index in [4.69, 9.17) is 11.6 Å². The first-order chi connectivity index (χ1) is 3.81. The lowest BCUT2D eigenvalue weighted by Crippen LogP contribution is -1.94. The SMILES string of the molecule is C[C@H](CC=O)CCCl. The highest BCUT2D eigenvalue weighted by molar-refractivity contribution is 6.17. The minimum atomic E-state index is 0.463. The molecule has 48 valence electrons. The van der Waals surface area contributed by atoms with Crippen LogP contribution in [-0.4, -0.2) is 12.2 Å². The monoisotopic (exact) mass is 134 g/mol. The Balaban J connectivity index is 3.03. The minimum Gasteiger partial charge on any atom is -0.303 e. The van der Waals surface area contributed by atoms with Crippen LogP contribution in [0.25, 0.3) is 0 Å². The summed E-state index contributed by atoms with van der Waals surface area (Å²) in [6, 6.07) is 0. The summed E-state index contributed by atoms with van der Waals surface area (Å²) in [4.78, 5) is 9.85. The Labute approximate surface area is 55.0 Å². The van der Waals surface area contributed by atoms with Crippen molar-refractivity contribution < 1.29 is 4.79 Å². The predicted molar refractivity (Wildman–Crippen MR) is 35.2 cm³/mol. The Morgan fingerprint density at radius 1 is 1.75 bits per heavy atom. The van der Waals surface area contributed by atoms with Crippen molar-refractivity contribution in [3.05, 3.63) is 0 Å². The van der Waals surface area contributed by atoms with E-state index >= 15 is 0 Å². The molecule has 0 rings (SSSR count). The molecule has 0 radical (unpaired) electrons. The van der Waals surface area contributed by atoms with Gasteiger partial charge in [-0.15, -0.1) is 11.6 Å². The number of alkyl halides is 1. The molecule has 1 atom stereocenters. The maximum atomic E-state index is 9.85. The van der Waals surface area contributed by atoms with Crippen molar-refractivity contribution in [2.75, 3.05) is 5.88 Å². The lowest BCUT2D eigenvalue weighted by molar-refractivity contribution is -0.108. The van der Waals surface area contributed by atoms with Crippen molar-refractivity contribution in [3.63, 3.8) is 0 Å². The van der Waals surface area contributed by atoms with E-state index in [9.17, 15) is 4.79 Å². The van der Waals surface area contributed by atoms with Crippen molar-refractivity contribution in [2.45, 2.75) is 19.8 Å². The van der Waals surface area contributed by atoms with Gasteiger partial charge in [-0.05, 0) is 12.3 Å². The average molecular weight is 135 g/mol. The molecule has 2 heteroatoms. The molecule has 0 saturated carbocycles. The van der Waals surface area contributed by atoms with E-state index in [-0.39, 0.29) is 0 Å². The maximum absolute atomic E-state index is 9.85. The van der Waals surface area contributed by atoms with Crippen molar-refractivity contribution in [2.24, 2.45) is 5.92 Å². The number of aldehydes is 1. The third kappa shape index (κ3) is 4.13. The van der Waals surface area contributed by atoms with Gasteiger partial charge < -0.3 is 4.79 Å². The van der Waals surface area contributed by atoms with E-state index in [1.165, 1.54) is 0 Å². The molecule has 0 heterocycles. The minimum absolute atomic E-state index is 0.463. The molecule has 0 fully saturated rings. The lowest BCUT2D eigenvalue weighted by atomic mass is 10.1. The van der Waals surface area contributed by atoms with E-state index in [1.54, 1.807) is 0 Å². The molecule has 1 nitrogen and oxygen atoms in total. The Bertz CT molecular complexity index is 63.5. The molecular formula is C6H11ClO. The van der Waals surface area contributed by atoms with Gasteiger partial charge in [0.05, 0.1) is 0 Å². The molecule has 0 aromatic rings. The van der Waals surface area contributed by atoms with Gasteiger partial charge in [-0.2, -0.15) is 0 Å². The van der Waals surface area contributed by atoms with Crippen LogP contribution in [0.5, 0.6) is 0 Å². The first kappa shape index (κ1) is 7.96. The van der Waals surface area contributed by atoms with Crippen LogP contribution >= 0.6 is 11.6 Å². The van der Waals surface area contributed by atoms with Crippen molar-refractivity contribution in [3.8, 4) is 0 Å². The van der Waals surface area contributed by atoms with E-state index in [0.29, 0.717) is 18.2 Å². The summed E-state index contributed by atoms with van der Waals surface area (Å²) in [6.45, 7) is 2.02. The molecule has 0 aliphatic heterocycles. The van der Waals surface area contributed by atoms with Crippen LogP contribution in [0.2, 0.25) is 0 Å². The quantitative estimate of drug-likeness (QED) is 0.424. The van der Waals surface area contributed by atoms with Crippen LogP contribution in [0.4, 0.5) is 0 Å². The Morgan fingerprint density at radius 3 is 2.75 bits per heavy atom. The lowest BCUT2D eigenvalue weighted by Gasteiger charge is -2.00. The predicted octanol–water partition coefficient (Wildman–Crippen LogP) is 1.84. The van der Waals surface area contributed by atoms with Crippen LogP contribution in [0.1, 0.15) is 19.8 Å². The highest BCUT2D eigenvalue weighted by atomic mass is 35.5. The van der Waals surface area contributed by atoms with Gasteiger partial charge in [-0.25, -0.2) is 0 Å². The van der Waals surface area contributed by atoms with Gasteiger partial charge in [0.25, 0.3) is 0 Å². The van der Waals surface area contributed by atoms with Gasteiger partial charge in [-0.3, -0.25) is 0 Å². The second-order valence-corrected chi connectivity index (χ2v) is 2.36. The smallest absolute Gasteiger partial charge is 0.120 e. The van der Waals surface area contributed by atoms with Gasteiger partial charge in [-0.1, -0.05) is 6.92 Å². The first-order valence-corrected chi connectivity index (χ1v) is 3.34. The normalized spacial score (nSPS) is 13.2. The Hall–Kier alpha value is -0.0400. The van der Waals surface area contributed by atoms with E-state index in [2.05, 4.69) is 0 Å². The zero-order chi connectivity index (χ0) is 6.41. The molecule has 0 amide bonds. The van der Waals surface area contributed by atoms with Gasteiger partial charge in [0.2, 0.25) is 0 Å². The zero-order valence-corrected chi connectivity index (χ0v) is 5.82. The molecule has 0 aromatic carbocycles. The van der Waals surface area contributed by atoms with Crippen LogP contribution in [0.15, 0.2) is 0 Å². The second-order valence-electron chi connectivity index (χ2n) is 1.99. The third-order valence-electron chi connectivity index (χ3n) is 1.10. The average Bonchev–Trinajstić information content (AvgIpc) is 1.68. The molecule has 0 saturated heterocycles. The molecule has 0 unspecified atom stereocenters. The van der Waals surface area contributed by atoms with Gasteiger partial charge in [0.15, 0.2) is 0 Å². The van der Waals surface area contributed by atoms with Crippen LogP contribution in [0, 0.1) is 5.92 Å². The Morgan fingerprint density at radius 2 is 2.38 bits per heavy atom. The standard InChI is InChI=1S/C6H11ClO/c1-6(2-4-7)3-5-8/h5-6H,2-4H2,1H3/t6-/m0/s1. The first-order valence-electron chi connectivity index (χ1n) is 2.81. The highest BCUT2D eigenvalue weighted by Gasteiger charge is 1.97. The molecule has 0 N–H and O–H groups in total. The van der Waals surface area contributed by atoms with E-state index in [0.717, 1.165) is 12.7 Å². The summed E-state index contributed by atoms with van der Waals surface area (Å²) in [5.74, 6) is 1.12. The molecule has 0 spiro atoms. The third-order valence-corrected chi connectivity index (χ3v) is 1.32.